The molecule has 6 heavy (non-hydrogen) atoms. The minimum atomic E-state index is 0. The Balaban J connectivity index is 0. The molecule has 0 saturated heterocycles. The Morgan fingerprint density at radius 1 is 0.667 bits per heavy atom. The van der Waals surface area contributed by atoms with Crippen LogP contribution in [0, 0.1) is 0 Å². The molecule has 0 aromatic carbocycles. The van der Waals surface area contributed by atoms with Crippen molar-refractivity contribution in [3.8, 4) is 0 Å². The summed E-state index contributed by atoms with van der Waals surface area (Å²) < 4.78 is 0. The summed E-state index contributed by atoms with van der Waals surface area (Å²) in [5.74, 6) is 0. The van der Waals surface area contributed by atoms with Crippen LogP contribution < -0.4 is 0 Å². The smallest absolute Gasteiger partial charge is 0.870 e. The van der Waals surface area contributed by atoms with Crippen LogP contribution in [-0.4, -0.2) is 21.9 Å². The van der Waals surface area contributed by atoms with Gasteiger partial charge in [0.1, 0.15) is 0 Å². The Morgan fingerprint density at radius 2 is 0.667 bits per heavy atom. The molecule has 6 heteroatoms. The van der Waals surface area contributed by atoms with Crippen molar-refractivity contribution in [2.75, 3.05) is 0 Å². The van der Waals surface area contributed by atoms with Crippen LogP contribution in [0.4, 0.5) is 0 Å². The van der Waals surface area contributed by atoms with E-state index in [-0.39, 0.29) is 56.0 Å². The molecule has 0 spiro atoms. The summed E-state index contributed by atoms with van der Waals surface area (Å²) in [6.45, 7) is 0. The summed E-state index contributed by atoms with van der Waals surface area (Å²) in [4.78, 5) is 0. The molecule has 4 nitrogen and oxygen atoms in total. The van der Waals surface area contributed by atoms with Crippen molar-refractivity contribution in [2.45, 2.75) is 0 Å². The minimum absolute atomic E-state index is 0. The Hall–Kier alpha value is 0.879. The molecule has 1 radical (unpaired) electrons. The zero-order valence-corrected chi connectivity index (χ0v) is 4.95. The van der Waals surface area contributed by atoms with E-state index in [4.69, 9.17) is 0 Å². The van der Waals surface area contributed by atoms with E-state index in [9.17, 15) is 0 Å². The zero-order chi connectivity index (χ0) is 0. The summed E-state index contributed by atoms with van der Waals surface area (Å²) >= 11 is 0. The van der Waals surface area contributed by atoms with Gasteiger partial charge < -0.3 is 21.9 Å². The van der Waals surface area contributed by atoms with E-state index in [1.807, 2.05) is 0 Å². The molecule has 0 aliphatic heterocycles. The first kappa shape index (κ1) is 308. The monoisotopic (exact) mass is 181 g/mol. The largest absolute Gasteiger partial charge is 2.00 e. The van der Waals surface area contributed by atoms with Gasteiger partial charge in [-0.25, -0.2) is 0 Å². The third-order valence-corrected chi connectivity index (χ3v) is 0. The summed E-state index contributed by atoms with van der Waals surface area (Å²) in [6.07, 6.45) is 0. The van der Waals surface area contributed by atoms with Gasteiger partial charge in [0.05, 0.1) is 0 Å². The molecule has 0 bridgehead atoms. The van der Waals surface area contributed by atoms with Crippen LogP contribution in [0.1, 0.15) is 0 Å². The molecule has 0 saturated carbocycles. The second-order valence-electron chi connectivity index (χ2n) is 0. The van der Waals surface area contributed by atoms with Crippen LogP contribution in [-0.2, 0) is 34.1 Å². The van der Waals surface area contributed by atoms with E-state index in [1.54, 1.807) is 0 Å². The molecule has 0 fully saturated rings. The average Bonchev–Trinajstić information content (AvgIpc) is 0. The molecular weight excluding hydrogens is 175 g/mol. The van der Waals surface area contributed by atoms with Crippen LogP contribution in [0.15, 0.2) is 0 Å². The van der Waals surface area contributed by atoms with Gasteiger partial charge in [0.25, 0.3) is 0 Å². The molecule has 0 rings (SSSR count). The SMILES string of the molecule is O.O.[Co+2].[Cr].[OH-].[OH-]. The van der Waals surface area contributed by atoms with Gasteiger partial charge in [-0.15, -0.1) is 0 Å². The predicted molar refractivity (Wildman–Crippen MR) is 11.1 cm³/mol. The van der Waals surface area contributed by atoms with Crippen molar-refractivity contribution in [2.24, 2.45) is 0 Å². The second kappa shape index (κ2) is 181. The van der Waals surface area contributed by atoms with Crippen molar-refractivity contribution in [3.05, 3.63) is 0 Å². The van der Waals surface area contributed by atoms with Gasteiger partial charge in [-0.2, -0.15) is 0 Å². The van der Waals surface area contributed by atoms with Gasteiger partial charge in [-0.1, -0.05) is 0 Å². The van der Waals surface area contributed by atoms with Crippen LogP contribution >= 0.6 is 0 Å². The molecule has 0 aliphatic rings. The van der Waals surface area contributed by atoms with Crippen LogP contribution in [0.2, 0.25) is 0 Å². The molecule has 0 aliphatic carbocycles. The van der Waals surface area contributed by atoms with E-state index in [2.05, 4.69) is 0 Å². The van der Waals surface area contributed by atoms with Crippen molar-refractivity contribution in [1.82, 2.24) is 0 Å². The average molecular weight is 181 g/mol. The Labute approximate surface area is 56.5 Å². The number of rotatable bonds is 0. The van der Waals surface area contributed by atoms with Gasteiger partial charge in [0.15, 0.2) is 0 Å². The summed E-state index contributed by atoms with van der Waals surface area (Å²) in [6, 6.07) is 0. The van der Waals surface area contributed by atoms with Crippen molar-refractivity contribution < 1.29 is 56.0 Å². The van der Waals surface area contributed by atoms with Crippen molar-refractivity contribution in [3.63, 3.8) is 0 Å². The van der Waals surface area contributed by atoms with E-state index < -0.39 is 0 Å². The normalized spacial score (nSPS) is 0. The first-order valence-corrected chi connectivity index (χ1v) is 0. The van der Waals surface area contributed by atoms with Gasteiger partial charge in [0, 0.05) is 17.4 Å². The van der Waals surface area contributed by atoms with Gasteiger partial charge >= 0.3 is 16.8 Å². The van der Waals surface area contributed by atoms with E-state index >= 15 is 0 Å². The van der Waals surface area contributed by atoms with Crippen LogP contribution in [0.3, 0.4) is 0 Å². The topological polar surface area (TPSA) is 123 Å². The first-order valence-electron chi connectivity index (χ1n) is 0. The fourth-order valence-corrected chi connectivity index (χ4v) is 0. The number of hydrogen-bond acceptors (Lipinski definition) is 2. The fraction of sp³-hybridized carbons (Fsp3) is 0. The molecule has 6 N–H and O–H groups in total. The molecule has 0 unspecified atom stereocenters. The molecular formula is H6CoCrO4. The van der Waals surface area contributed by atoms with Gasteiger partial charge in [-0.3, -0.25) is 0 Å². The minimum Gasteiger partial charge on any atom is -0.870 e. The summed E-state index contributed by atoms with van der Waals surface area (Å²) in [5.41, 5.74) is 0. The third-order valence-electron chi connectivity index (χ3n) is 0. The second-order valence-corrected chi connectivity index (χ2v) is 0. The third kappa shape index (κ3) is 95.0. The van der Waals surface area contributed by atoms with E-state index in [0.29, 0.717) is 0 Å². The zero-order valence-electron chi connectivity index (χ0n) is 2.64. The van der Waals surface area contributed by atoms with Crippen molar-refractivity contribution >= 4 is 0 Å². The Bertz CT molecular complexity index is 7.51. The standard InChI is InChI=1S/Co.Cr.4H2O/h;;4*1H2/q+2;;;;;/p-2. The molecule has 0 aromatic rings. The molecule has 45 valence electrons. The van der Waals surface area contributed by atoms with Crippen LogP contribution in [0.5, 0.6) is 0 Å². The van der Waals surface area contributed by atoms with Crippen LogP contribution in [0.25, 0.3) is 0 Å². The number of hydrogen-bond donors (Lipinski definition) is 0. The molecule has 0 aromatic heterocycles. The summed E-state index contributed by atoms with van der Waals surface area (Å²) in [5, 5.41) is 0. The molecule has 0 atom stereocenters. The molecule has 0 amide bonds. The maximum atomic E-state index is 0. The Kier molecular flexibility index (Phi) is 9290. The first-order chi connectivity index (χ1) is 0. The quantitative estimate of drug-likeness (QED) is 0.428. The van der Waals surface area contributed by atoms with Gasteiger partial charge in [0.2, 0.25) is 0 Å². The van der Waals surface area contributed by atoms with Gasteiger partial charge in [-0.05, 0) is 0 Å². The molecule has 0 heterocycles. The maximum Gasteiger partial charge on any atom is 2.00 e. The van der Waals surface area contributed by atoms with E-state index in [0.717, 1.165) is 0 Å². The van der Waals surface area contributed by atoms with Crippen molar-refractivity contribution in [1.29, 1.82) is 0 Å². The summed E-state index contributed by atoms with van der Waals surface area (Å²) in [7, 11) is 0. The Morgan fingerprint density at radius 3 is 0.667 bits per heavy atom. The maximum absolute atomic E-state index is 0. The fourth-order valence-electron chi connectivity index (χ4n) is 0. The predicted octanol–water partition coefficient (Wildman–Crippen LogP) is -2.01. The van der Waals surface area contributed by atoms with E-state index in [1.165, 1.54) is 0 Å².